The number of carbonyl (C=O) groups is 2. The van der Waals surface area contributed by atoms with Crippen LogP contribution in [0.4, 0.5) is 11.4 Å². The van der Waals surface area contributed by atoms with Gasteiger partial charge in [-0.2, -0.15) is 0 Å². The summed E-state index contributed by atoms with van der Waals surface area (Å²) in [5.41, 5.74) is 2.47. The number of amides is 2. The minimum Gasteiger partial charge on any atom is -0.329 e. The van der Waals surface area contributed by atoms with Crippen LogP contribution in [0.2, 0.25) is 0 Å². The van der Waals surface area contributed by atoms with Gasteiger partial charge in [-0.25, -0.2) is 0 Å². The highest BCUT2D eigenvalue weighted by atomic mass is 16.1. The van der Waals surface area contributed by atoms with E-state index in [0.717, 1.165) is 5.56 Å². The quantitative estimate of drug-likeness (QED) is 0.791. The maximum absolute atomic E-state index is 11.9. The number of aryl methyl sites for hydroxylation is 1. The van der Waals surface area contributed by atoms with Gasteiger partial charge in [-0.05, 0) is 30.2 Å². The average molecular weight is 268 g/mol. The maximum Gasteiger partial charge on any atom is 0.224 e. The monoisotopic (exact) mass is 268 g/mol. The average Bonchev–Trinajstić information content (AvgIpc) is 2.47. The van der Waals surface area contributed by atoms with Crippen molar-refractivity contribution >= 4 is 23.7 Å². The van der Waals surface area contributed by atoms with Crippen LogP contribution >= 0.6 is 0 Å². The van der Waals surface area contributed by atoms with E-state index in [-0.39, 0.29) is 5.91 Å². The van der Waals surface area contributed by atoms with E-state index in [4.69, 9.17) is 0 Å². The number of rotatable bonds is 6. The van der Waals surface area contributed by atoms with Crippen LogP contribution in [-0.2, 0) is 16.0 Å². The predicted octanol–water partition coefficient (Wildman–Crippen LogP) is 2.83. The fourth-order valence-electron chi connectivity index (χ4n) is 1.88. The van der Waals surface area contributed by atoms with Crippen LogP contribution in [-0.4, -0.2) is 12.3 Å². The van der Waals surface area contributed by atoms with Gasteiger partial charge < -0.3 is 10.6 Å². The Morgan fingerprint density at radius 2 is 1.75 bits per heavy atom. The number of carbonyl (C=O) groups excluding carboxylic acids is 2. The van der Waals surface area contributed by atoms with Crippen LogP contribution < -0.4 is 10.6 Å². The Bertz CT molecular complexity index is 582. The molecule has 2 rings (SSSR count). The number of anilines is 2. The SMILES string of the molecule is O=CNc1cccc(NC(=O)CCc2ccccc2)c1. The lowest BCUT2D eigenvalue weighted by Crippen LogP contribution is -2.12. The van der Waals surface area contributed by atoms with E-state index in [0.29, 0.717) is 30.6 Å². The van der Waals surface area contributed by atoms with Gasteiger partial charge in [-0.3, -0.25) is 9.59 Å². The van der Waals surface area contributed by atoms with E-state index in [1.165, 1.54) is 0 Å². The summed E-state index contributed by atoms with van der Waals surface area (Å²) in [5, 5.41) is 5.36. The first kappa shape index (κ1) is 13.8. The van der Waals surface area contributed by atoms with E-state index >= 15 is 0 Å². The number of nitrogens with one attached hydrogen (secondary N) is 2. The molecule has 0 aliphatic heterocycles. The van der Waals surface area contributed by atoms with E-state index in [2.05, 4.69) is 10.6 Å². The summed E-state index contributed by atoms with van der Waals surface area (Å²) in [7, 11) is 0. The van der Waals surface area contributed by atoms with Crippen LogP contribution in [0.15, 0.2) is 54.6 Å². The van der Waals surface area contributed by atoms with Crippen molar-refractivity contribution in [2.75, 3.05) is 10.6 Å². The molecule has 4 nitrogen and oxygen atoms in total. The van der Waals surface area contributed by atoms with Crippen LogP contribution in [0.25, 0.3) is 0 Å². The molecule has 0 atom stereocenters. The molecule has 4 heteroatoms. The molecular formula is C16H16N2O2. The summed E-state index contributed by atoms with van der Waals surface area (Å²) in [6.45, 7) is 0. The van der Waals surface area contributed by atoms with E-state index < -0.39 is 0 Å². The molecule has 0 saturated carbocycles. The first-order valence-electron chi connectivity index (χ1n) is 6.42. The summed E-state index contributed by atoms with van der Waals surface area (Å²) < 4.78 is 0. The molecule has 0 aromatic heterocycles. The lowest BCUT2D eigenvalue weighted by Gasteiger charge is -2.07. The fourth-order valence-corrected chi connectivity index (χ4v) is 1.88. The van der Waals surface area contributed by atoms with Crippen molar-refractivity contribution in [3.8, 4) is 0 Å². The van der Waals surface area contributed by atoms with Gasteiger partial charge in [0, 0.05) is 17.8 Å². The minimum absolute atomic E-state index is 0.0443. The number of hydrogen-bond donors (Lipinski definition) is 2. The molecule has 0 fully saturated rings. The molecule has 2 aromatic carbocycles. The molecule has 0 heterocycles. The van der Waals surface area contributed by atoms with Gasteiger partial charge in [0.15, 0.2) is 0 Å². The first-order chi connectivity index (χ1) is 9.78. The third-order valence-electron chi connectivity index (χ3n) is 2.86. The summed E-state index contributed by atoms with van der Waals surface area (Å²) in [4.78, 5) is 22.2. The third kappa shape index (κ3) is 4.24. The highest BCUT2D eigenvalue weighted by molar-refractivity contribution is 5.91. The topological polar surface area (TPSA) is 58.2 Å². The maximum atomic E-state index is 11.9. The zero-order valence-corrected chi connectivity index (χ0v) is 11.0. The summed E-state index contributed by atoms with van der Waals surface area (Å²) in [6, 6.07) is 16.9. The van der Waals surface area contributed by atoms with Crippen LogP contribution in [0, 0.1) is 0 Å². The highest BCUT2D eigenvalue weighted by Gasteiger charge is 2.03. The Morgan fingerprint density at radius 1 is 1.00 bits per heavy atom. The van der Waals surface area contributed by atoms with Gasteiger partial charge in [0.1, 0.15) is 0 Å². The van der Waals surface area contributed by atoms with Gasteiger partial charge in [0.05, 0.1) is 0 Å². The smallest absolute Gasteiger partial charge is 0.224 e. The Balaban J connectivity index is 1.88. The van der Waals surface area contributed by atoms with Gasteiger partial charge in [0.2, 0.25) is 12.3 Å². The second kappa shape index (κ2) is 7.09. The first-order valence-corrected chi connectivity index (χ1v) is 6.42. The van der Waals surface area contributed by atoms with E-state index in [9.17, 15) is 9.59 Å². The molecule has 2 amide bonds. The van der Waals surface area contributed by atoms with E-state index in [1.54, 1.807) is 24.3 Å². The van der Waals surface area contributed by atoms with Crippen molar-refractivity contribution in [1.82, 2.24) is 0 Å². The predicted molar refractivity (Wildman–Crippen MR) is 79.5 cm³/mol. The molecule has 102 valence electrons. The summed E-state index contributed by atoms with van der Waals surface area (Å²) in [5.74, 6) is -0.0443. The molecule has 2 aromatic rings. The standard InChI is InChI=1S/C16H16N2O2/c19-12-17-14-7-4-8-15(11-14)18-16(20)10-9-13-5-2-1-3-6-13/h1-8,11-12H,9-10H2,(H,17,19)(H,18,20). The second-order valence-electron chi connectivity index (χ2n) is 4.38. The van der Waals surface area contributed by atoms with Crippen molar-refractivity contribution < 1.29 is 9.59 Å². The molecule has 0 aliphatic rings. The number of hydrogen-bond acceptors (Lipinski definition) is 2. The molecule has 2 N–H and O–H groups in total. The Labute approximate surface area is 117 Å². The largest absolute Gasteiger partial charge is 0.329 e. The Hall–Kier alpha value is -2.62. The third-order valence-corrected chi connectivity index (χ3v) is 2.86. The Morgan fingerprint density at radius 3 is 2.50 bits per heavy atom. The lowest BCUT2D eigenvalue weighted by molar-refractivity contribution is -0.116. The summed E-state index contributed by atoms with van der Waals surface area (Å²) >= 11 is 0. The molecule has 20 heavy (non-hydrogen) atoms. The van der Waals surface area contributed by atoms with Crippen molar-refractivity contribution in [2.24, 2.45) is 0 Å². The summed E-state index contributed by atoms with van der Waals surface area (Å²) in [6.07, 6.45) is 1.74. The van der Waals surface area contributed by atoms with Crippen LogP contribution in [0.3, 0.4) is 0 Å². The van der Waals surface area contributed by atoms with Crippen molar-refractivity contribution in [1.29, 1.82) is 0 Å². The zero-order chi connectivity index (χ0) is 14.2. The highest BCUT2D eigenvalue weighted by Crippen LogP contribution is 2.15. The normalized spacial score (nSPS) is 9.80. The van der Waals surface area contributed by atoms with E-state index in [1.807, 2.05) is 30.3 Å². The van der Waals surface area contributed by atoms with Crippen LogP contribution in [0.5, 0.6) is 0 Å². The van der Waals surface area contributed by atoms with Crippen molar-refractivity contribution in [3.05, 3.63) is 60.2 Å². The van der Waals surface area contributed by atoms with Gasteiger partial charge in [0.25, 0.3) is 0 Å². The van der Waals surface area contributed by atoms with Gasteiger partial charge >= 0.3 is 0 Å². The molecule has 0 unspecified atom stereocenters. The van der Waals surface area contributed by atoms with Crippen molar-refractivity contribution in [2.45, 2.75) is 12.8 Å². The van der Waals surface area contributed by atoms with Crippen molar-refractivity contribution in [3.63, 3.8) is 0 Å². The molecule has 0 radical (unpaired) electrons. The lowest BCUT2D eigenvalue weighted by atomic mass is 10.1. The molecular weight excluding hydrogens is 252 g/mol. The molecule has 0 aliphatic carbocycles. The molecule has 0 saturated heterocycles. The van der Waals surface area contributed by atoms with Gasteiger partial charge in [-0.15, -0.1) is 0 Å². The molecule has 0 bridgehead atoms. The van der Waals surface area contributed by atoms with Gasteiger partial charge in [-0.1, -0.05) is 36.4 Å². The molecule has 0 spiro atoms. The zero-order valence-electron chi connectivity index (χ0n) is 11.0. The minimum atomic E-state index is -0.0443. The Kier molecular flexibility index (Phi) is 4.89. The fraction of sp³-hybridized carbons (Fsp3) is 0.125. The number of benzene rings is 2. The van der Waals surface area contributed by atoms with Crippen LogP contribution in [0.1, 0.15) is 12.0 Å². The second-order valence-corrected chi connectivity index (χ2v) is 4.38.